The third-order valence-electron chi connectivity index (χ3n) is 1.39. The third-order valence-corrected chi connectivity index (χ3v) is 2.24. The molecule has 1 fully saturated rings. The second-order valence-corrected chi connectivity index (χ2v) is 8.36. The van der Waals surface area contributed by atoms with Crippen LogP contribution in [-0.2, 0) is 4.43 Å². The second-order valence-electron chi connectivity index (χ2n) is 3.90. The maximum Gasteiger partial charge on any atom is 0.241 e. The second kappa shape index (κ2) is 2.78. The topological polar surface area (TPSA) is 9.23 Å². The third kappa shape index (κ3) is 3.72. The highest BCUT2D eigenvalue weighted by Crippen LogP contribution is 2.30. The molecule has 58 valence electrons. The minimum Gasteiger partial charge on any atom is -0.550 e. The number of hydrogen-bond acceptors (Lipinski definition) is 1. The van der Waals surface area contributed by atoms with Gasteiger partial charge >= 0.3 is 0 Å². The first-order valence-corrected chi connectivity index (χ1v) is 7.33. The van der Waals surface area contributed by atoms with Crippen LogP contribution in [0.2, 0.25) is 19.6 Å². The Morgan fingerprint density at radius 3 is 2.30 bits per heavy atom. The number of hydrogen-bond donors (Lipinski definition) is 0. The lowest BCUT2D eigenvalue weighted by Crippen LogP contribution is -2.21. The van der Waals surface area contributed by atoms with E-state index >= 15 is 0 Å². The molecule has 0 aromatic heterocycles. The van der Waals surface area contributed by atoms with Crippen molar-refractivity contribution < 1.29 is 4.43 Å². The molecule has 2 heteroatoms. The molecule has 1 rings (SSSR count). The van der Waals surface area contributed by atoms with E-state index in [9.17, 15) is 0 Å². The summed E-state index contributed by atoms with van der Waals surface area (Å²) in [6.07, 6.45) is 6.83. The van der Waals surface area contributed by atoms with Crippen molar-refractivity contribution in [3.05, 3.63) is 12.3 Å². The molecule has 0 N–H and O–H groups in total. The monoisotopic (exact) mass is 156 g/mol. The number of allylic oxidation sites excluding steroid dienone is 1. The molecule has 1 nitrogen and oxygen atoms in total. The van der Waals surface area contributed by atoms with Crippen LogP contribution in [0.1, 0.15) is 12.8 Å². The zero-order valence-electron chi connectivity index (χ0n) is 7.05. The highest BCUT2D eigenvalue weighted by atomic mass is 28.4. The zero-order chi connectivity index (χ0) is 7.61. The summed E-state index contributed by atoms with van der Waals surface area (Å²) in [6.45, 7) is 6.60. The van der Waals surface area contributed by atoms with Gasteiger partial charge in [0.1, 0.15) is 0 Å². The van der Waals surface area contributed by atoms with Gasteiger partial charge in [0.25, 0.3) is 0 Å². The molecule has 0 unspecified atom stereocenters. The van der Waals surface area contributed by atoms with Crippen molar-refractivity contribution in [2.45, 2.75) is 32.5 Å². The van der Waals surface area contributed by atoms with Crippen LogP contribution in [0.4, 0.5) is 0 Å². The van der Waals surface area contributed by atoms with Gasteiger partial charge in [-0.15, -0.1) is 0 Å². The van der Waals surface area contributed by atoms with Gasteiger partial charge in [0.15, 0.2) is 0 Å². The van der Waals surface area contributed by atoms with Crippen LogP contribution >= 0.6 is 0 Å². The van der Waals surface area contributed by atoms with E-state index in [2.05, 4.69) is 25.7 Å². The SMILES string of the molecule is C[Si](C)(C)OC=CC1CC1. The van der Waals surface area contributed by atoms with Gasteiger partial charge in [-0.1, -0.05) is 0 Å². The van der Waals surface area contributed by atoms with Gasteiger partial charge < -0.3 is 4.43 Å². The average Bonchev–Trinajstić information content (AvgIpc) is 2.45. The zero-order valence-corrected chi connectivity index (χ0v) is 8.05. The van der Waals surface area contributed by atoms with E-state index in [1.165, 1.54) is 12.8 Å². The molecule has 0 heterocycles. The van der Waals surface area contributed by atoms with Gasteiger partial charge in [0.05, 0.1) is 6.26 Å². The van der Waals surface area contributed by atoms with E-state index in [0.29, 0.717) is 0 Å². The Morgan fingerprint density at radius 2 is 1.90 bits per heavy atom. The van der Waals surface area contributed by atoms with E-state index in [-0.39, 0.29) is 0 Å². The fraction of sp³-hybridized carbons (Fsp3) is 0.750. The van der Waals surface area contributed by atoms with Crippen molar-refractivity contribution in [2.24, 2.45) is 5.92 Å². The summed E-state index contributed by atoms with van der Waals surface area (Å²) in [5.74, 6) is 0.844. The van der Waals surface area contributed by atoms with Crippen molar-refractivity contribution >= 4 is 8.32 Å². The Morgan fingerprint density at radius 1 is 1.30 bits per heavy atom. The Balaban J connectivity index is 2.13. The molecule has 1 aliphatic carbocycles. The van der Waals surface area contributed by atoms with Crippen molar-refractivity contribution in [2.75, 3.05) is 0 Å². The molecule has 0 atom stereocenters. The molecular weight excluding hydrogens is 140 g/mol. The lowest BCUT2D eigenvalue weighted by molar-refractivity contribution is 0.476. The van der Waals surface area contributed by atoms with E-state index in [4.69, 9.17) is 4.43 Å². The van der Waals surface area contributed by atoms with Crippen molar-refractivity contribution in [3.8, 4) is 0 Å². The fourth-order valence-electron chi connectivity index (χ4n) is 0.643. The van der Waals surface area contributed by atoms with Crippen molar-refractivity contribution in [1.29, 1.82) is 0 Å². The molecule has 1 saturated carbocycles. The first-order valence-electron chi connectivity index (χ1n) is 3.92. The van der Waals surface area contributed by atoms with Crippen LogP contribution in [0.5, 0.6) is 0 Å². The van der Waals surface area contributed by atoms with E-state index in [1.807, 2.05) is 6.26 Å². The molecule has 0 aromatic rings. The largest absolute Gasteiger partial charge is 0.550 e. The van der Waals surface area contributed by atoms with Crippen LogP contribution in [0.15, 0.2) is 12.3 Å². The highest BCUT2D eigenvalue weighted by molar-refractivity contribution is 6.69. The fourth-order valence-corrected chi connectivity index (χ4v) is 1.13. The first-order chi connectivity index (χ1) is 4.58. The van der Waals surface area contributed by atoms with Gasteiger partial charge in [0, 0.05) is 0 Å². The minimum absolute atomic E-state index is 0.844. The Hall–Kier alpha value is -0.243. The summed E-state index contributed by atoms with van der Waals surface area (Å²) in [6, 6.07) is 0. The lowest BCUT2D eigenvalue weighted by atomic mass is 10.4. The predicted octanol–water partition coefficient (Wildman–Crippen LogP) is 2.76. The minimum atomic E-state index is -1.28. The molecular formula is C8H16OSi. The lowest BCUT2D eigenvalue weighted by Gasteiger charge is -2.14. The number of rotatable bonds is 3. The Bertz CT molecular complexity index is 131. The standard InChI is InChI=1S/C8H16OSi/c1-10(2,3)9-7-6-8-4-5-8/h6-8H,4-5H2,1-3H3. The van der Waals surface area contributed by atoms with E-state index in [1.54, 1.807) is 0 Å². The Labute approximate surface area is 64.2 Å². The van der Waals surface area contributed by atoms with E-state index in [0.717, 1.165) is 5.92 Å². The maximum absolute atomic E-state index is 5.54. The van der Waals surface area contributed by atoms with Gasteiger partial charge in [0.2, 0.25) is 8.32 Å². The van der Waals surface area contributed by atoms with Crippen molar-refractivity contribution in [3.63, 3.8) is 0 Å². The molecule has 0 radical (unpaired) electrons. The smallest absolute Gasteiger partial charge is 0.241 e. The maximum atomic E-state index is 5.54. The van der Waals surface area contributed by atoms with Gasteiger partial charge in [-0.3, -0.25) is 0 Å². The summed E-state index contributed by atoms with van der Waals surface area (Å²) in [4.78, 5) is 0. The first kappa shape index (κ1) is 7.86. The molecule has 0 bridgehead atoms. The summed E-state index contributed by atoms with van der Waals surface area (Å²) in [7, 11) is -1.28. The van der Waals surface area contributed by atoms with Gasteiger partial charge in [-0.05, 0) is 44.5 Å². The molecule has 0 spiro atoms. The van der Waals surface area contributed by atoms with Crippen LogP contribution in [0, 0.1) is 5.92 Å². The normalized spacial score (nSPS) is 19.9. The molecule has 0 amide bonds. The van der Waals surface area contributed by atoms with Crippen LogP contribution in [0.3, 0.4) is 0 Å². The summed E-state index contributed by atoms with van der Waals surface area (Å²) in [5.41, 5.74) is 0. The van der Waals surface area contributed by atoms with Gasteiger partial charge in [-0.25, -0.2) is 0 Å². The summed E-state index contributed by atoms with van der Waals surface area (Å²) < 4.78 is 5.54. The Kier molecular flexibility index (Phi) is 2.19. The predicted molar refractivity (Wildman–Crippen MR) is 46.3 cm³/mol. The molecule has 0 aliphatic heterocycles. The molecule has 0 aromatic carbocycles. The highest BCUT2D eigenvalue weighted by Gasteiger charge is 2.18. The van der Waals surface area contributed by atoms with Crippen LogP contribution in [0.25, 0.3) is 0 Å². The van der Waals surface area contributed by atoms with Crippen LogP contribution < -0.4 is 0 Å². The summed E-state index contributed by atoms with van der Waals surface area (Å²) in [5, 5.41) is 0. The molecule has 0 saturated heterocycles. The van der Waals surface area contributed by atoms with Crippen molar-refractivity contribution in [1.82, 2.24) is 0 Å². The van der Waals surface area contributed by atoms with E-state index < -0.39 is 8.32 Å². The average molecular weight is 156 g/mol. The quantitative estimate of drug-likeness (QED) is 0.451. The van der Waals surface area contributed by atoms with Crippen LogP contribution in [-0.4, -0.2) is 8.32 Å². The van der Waals surface area contributed by atoms with Gasteiger partial charge in [-0.2, -0.15) is 0 Å². The summed E-state index contributed by atoms with van der Waals surface area (Å²) >= 11 is 0. The molecule has 10 heavy (non-hydrogen) atoms. The molecule has 1 aliphatic rings.